The summed E-state index contributed by atoms with van der Waals surface area (Å²) in [5, 5.41) is 0. The van der Waals surface area contributed by atoms with E-state index in [0.29, 0.717) is 12.8 Å². The van der Waals surface area contributed by atoms with Gasteiger partial charge in [0.2, 0.25) is 0 Å². The van der Waals surface area contributed by atoms with Crippen molar-refractivity contribution in [2.75, 3.05) is 5.75 Å². The molecule has 40 heavy (non-hydrogen) atoms. The number of rotatable bonds is 11. The zero-order valence-electron chi connectivity index (χ0n) is 24.2. The summed E-state index contributed by atoms with van der Waals surface area (Å²) in [4.78, 5) is 15.8. The molecule has 0 aliphatic heterocycles. The number of Topliss-reactive ketones (excluding diaryl/α,β-unsaturated/α-hetero) is 1. The number of aryl methyl sites for hydroxylation is 2. The van der Waals surface area contributed by atoms with Gasteiger partial charge in [-0.15, -0.1) is 0 Å². The fourth-order valence-electron chi connectivity index (χ4n) is 7.00. The SMILES string of the molecule is CCCc1ccc(S(OS(=O)(=O)CC23CCC(CC2=O)C3(C)C)(c2ccccc2)c2ccc(CCC)cc2)cc1. The highest BCUT2D eigenvalue weighted by Gasteiger charge is 2.65. The zero-order chi connectivity index (χ0) is 28.6. The van der Waals surface area contributed by atoms with Gasteiger partial charge in [0.1, 0.15) is 5.78 Å². The van der Waals surface area contributed by atoms with E-state index < -0.39 is 25.8 Å². The van der Waals surface area contributed by atoms with E-state index in [4.69, 9.17) is 3.63 Å². The molecular weight excluding hydrogens is 537 g/mol. The van der Waals surface area contributed by atoms with Crippen molar-refractivity contribution in [1.82, 2.24) is 0 Å². The maximum atomic E-state index is 14.3. The Morgan fingerprint density at radius 3 is 1.70 bits per heavy atom. The van der Waals surface area contributed by atoms with E-state index in [1.807, 2.05) is 54.6 Å². The molecule has 0 heterocycles. The molecule has 2 saturated carbocycles. The van der Waals surface area contributed by atoms with E-state index in [2.05, 4.69) is 52.0 Å². The minimum absolute atomic E-state index is 0.0778. The minimum Gasteiger partial charge on any atom is -0.299 e. The van der Waals surface area contributed by atoms with Gasteiger partial charge in [0.25, 0.3) is 10.1 Å². The van der Waals surface area contributed by atoms with Crippen LogP contribution in [0.1, 0.15) is 70.9 Å². The smallest absolute Gasteiger partial charge is 0.278 e. The van der Waals surface area contributed by atoms with Crippen LogP contribution in [0.3, 0.4) is 0 Å². The Bertz CT molecular complexity index is 1390. The number of benzene rings is 3. The average Bonchev–Trinajstić information content (AvgIpc) is 3.28. The second kappa shape index (κ2) is 11.1. The first-order valence-corrected chi connectivity index (χ1v) is 17.7. The minimum atomic E-state index is -4.14. The standard InChI is InChI=1S/C34H42O4S2/c1-5-10-26-14-18-30(19-15-26)40(29-12-8-7-9-13-29,31-20-16-27(11-6-2)17-21-31)38-39(36,37)25-34-23-22-28(24-32(34)35)33(34,3)4/h7-9,12-21,28H,5-6,10-11,22-25H2,1-4H3. The third-order valence-electron chi connectivity index (χ3n) is 9.43. The van der Waals surface area contributed by atoms with Gasteiger partial charge in [0, 0.05) is 21.1 Å². The predicted octanol–water partition coefficient (Wildman–Crippen LogP) is 8.53. The van der Waals surface area contributed by atoms with Gasteiger partial charge in [-0.05, 0) is 94.9 Å². The summed E-state index contributed by atoms with van der Waals surface area (Å²) in [6.45, 7) is 8.45. The molecule has 2 fully saturated rings. The number of hydrogen-bond donors (Lipinski definition) is 0. The third kappa shape index (κ3) is 4.97. The highest BCUT2D eigenvalue weighted by Crippen LogP contribution is 2.71. The van der Waals surface area contributed by atoms with Crippen molar-refractivity contribution in [3.05, 3.63) is 90.0 Å². The fraction of sp³-hybridized carbons (Fsp3) is 0.441. The predicted molar refractivity (Wildman–Crippen MR) is 163 cm³/mol. The molecule has 2 atom stereocenters. The average molecular weight is 579 g/mol. The molecule has 2 bridgehead atoms. The highest BCUT2D eigenvalue weighted by atomic mass is 32.3. The number of carbonyl (C=O) groups excluding carboxylic acids is 1. The monoisotopic (exact) mass is 578 g/mol. The molecule has 2 aliphatic carbocycles. The van der Waals surface area contributed by atoms with Crippen LogP contribution in [0, 0.1) is 16.7 Å². The summed E-state index contributed by atoms with van der Waals surface area (Å²) in [7, 11) is -6.81. The highest BCUT2D eigenvalue weighted by molar-refractivity contribution is 8.33. The molecule has 5 rings (SSSR count). The van der Waals surface area contributed by atoms with E-state index in [1.165, 1.54) is 11.1 Å². The molecular formula is C34H42O4S2. The van der Waals surface area contributed by atoms with Crippen molar-refractivity contribution < 1.29 is 16.8 Å². The van der Waals surface area contributed by atoms with Crippen LogP contribution in [0.2, 0.25) is 0 Å². The Labute approximate surface area is 242 Å². The topological polar surface area (TPSA) is 60.4 Å². The van der Waals surface area contributed by atoms with Crippen molar-refractivity contribution in [1.29, 1.82) is 0 Å². The van der Waals surface area contributed by atoms with E-state index in [1.54, 1.807) is 0 Å². The van der Waals surface area contributed by atoms with Crippen molar-refractivity contribution in [3.8, 4) is 0 Å². The van der Waals surface area contributed by atoms with Gasteiger partial charge in [0.15, 0.2) is 0 Å². The molecule has 0 radical (unpaired) electrons. The molecule has 6 heteroatoms. The third-order valence-corrected chi connectivity index (χ3v) is 14.7. The van der Waals surface area contributed by atoms with Gasteiger partial charge < -0.3 is 0 Å². The summed E-state index contributed by atoms with van der Waals surface area (Å²) in [6.07, 6.45) is 5.95. The quantitative estimate of drug-likeness (QED) is 0.229. The van der Waals surface area contributed by atoms with Crippen molar-refractivity contribution in [2.45, 2.75) is 87.3 Å². The fourth-order valence-corrected chi connectivity index (χ4v) is 13.1. The molecule has 214 valence electrons. The molecule has 4 nitrogen and oxygen atoms in total. The molecule has 0 saturated heterocycles. The Morgan fingerprint density at radius 2 is 1.27 bits per heavy atom. The normalized spacial score (nSPS) is 22.5. The summed E-state index contributed by atoms with van der Waals surface area (Å²) < 4.78 is 35.3. The maximum absolute atomic E-state index is 14.3. The second-order valence-electron chi connectivity index (χ2n) is 12.1. The number of fused-ring (bicyclic) bond motifs is 2. The molecule has 0 aromatic heterocycles. The Morgan fingerprint density at radius 1 is 0.775 bits per heavy atom. The second-order valence-corrected chi connectivity index (χ2v) is 16.6. The maximum Gasteiger partial charge on any atom is 0.278 e. The van der Waals surface area contributed by atoms with E-state index >= 15 is 0 Å². The van der Waals surface area contributed by atoms with Gasteiger partial charge >= 0.3 is 0 Å². The summed E-state index contributed by atoms with van der Waals surface area (Å²) in [5.41, 5.74) is 1.16. The first kappa shape index (κ1) is 29.1. The largest absolute Gasteiger partial charge is 0.299 e. The lowest BCUT2D eigenvalue weighted by molar-refractivity contribution is -0.128. The molecule has 3 aromatic carbocycles. The lowest BCUT2D eigenvalue weighted by Crippen LogP contribution is -2.42. The van der Waals surface area contributed by atoms with Crippen LogP contribution in [0.4, 0.5) is 0 Å². The Kier molecular flexibility index (Phi) is 8.08. The summed E-state index contributed by atoms with van der Waals surface area (Å²) in [5.74, 6) is 0.0406. The molecule has 0 spiro atoms. The lowest BCUT2D eigenvalue weighted by atomic mass is 9.70. The van der Waals surface area contributed by atoms with Crippen molar-refractivity contribution in [2.24, 2.45) is 16.7 Å². The molecule has 2 unspecified atom stereocenters. The van der Waals surface area contributed by atoms with E-state index in [0.717, 1.165) is 46.8 Å². The number of hydrogen-bond acceptors (Lipinski definition) is 4. The van der Waals surface area contributed by atoms with Gasteiger partial charge in [0.05, 0.1) is 11.2 Å². The van der Waals surface area contributed by atoms with Crippen LogP contribution in [0.25, 0.3) is 0 Å². The van der Waals surface area contributed by atoms with Gasteiger partial charge in [-0.3, -0.25) is 4.79 Å². The van der Waals surface area contributed by atoms with Crippen LogP contribution in [0.5, 0.6) is 0 Å². The zero-order valence-corrected chi connectivity index (χ0v) is 25.8. The first-order valence-electron chi connectivity index (χ1n) is 14.6. The van der Waals surface area contributed by atoms with Crippen molar-refractivity contribution >= 4 is 26.2 Å². The van der Waals surface area contributed by atoms with E-state index in [9.17, 15) is 13.2 Å². The first-order chi connectivity index (χ1) is 19.1. The summed E-state index contributed by atoms with van der Waals surface area (Å²) >= 11 is 0. The lowest BCUT2D eigenvalue weighted by Gasteiger charge is -2.41. The van der Waals surface area contributed by atoms with Gasteiger partial charge in [-0.25, -0.2) is 3.63 Å². The van der Waals surface area contributed by atoms with Gasteiger partial charge in [-0.2, -0.15) is 8.42 Å². The number of ketones is 1. The number of carbonyl (C=O) groups is 1. The van der Waals surface area contributed by atoms with Gasteiger partial charge in [-0.1, -0.05) is 83.0 Å². The van der Waals surface area contributed by atoms with Crippen LogP contribution in [-0.2, 0) is 31.4 Å². The van der Waals surface area contributed by atoms with Crippen molar-refractivity contribution in [3.63, 3.8) is 0 Å². The Hall–Kier alpha value is -2.41. The van der Waals surface area contributed by atoms with Crippen LogP contribution in [-0.4, -0.2) is 20.0 Å². The molecule has 2 aliphatic rings. The van der Waals surface area contributed by atoms with Crippen LogP contribution in [0.15, 0.2) is 93.5 Å². The van der Waals surface area contributed by atoms with E-state index in [-0.39, 0.29) is 22.9 Å². The molecule has 3 aromatic rings. The van der Waals surface area contributed by atoms with Crippen LogP contribution >= 0.6 is 10.3 Å². The molecule has 0 amide bonds. The Balaban J connectivity index is 1.67. The van der Waals surface area contributed by atoms with Crippen LogP contribution < -0.4 is 0 Å². The summed E-state index contributed by atoms with van der Waals surface area (Å²) in [6, 6.07) is 26.3. The molecule has 0 N–H and O–H groups in total.